The molecule has 6 heteroatoms. The van der Waals surface area contributed by atoms with E-state index in [1.165, 1.54) is 6.07 Å². The molecule has 3 nitrogen and oxygen atoms in total. The predicted molar refractivity (Wildman–Crippen MR) is 77.3 cm³/mol. The number of nitrogens with two attached hydrogens (primary N) is 1. The maximum absolute atomic E-state index is 13.7. The second kappa shape index (κ2) is 4.86. The van der Waals surface area contributed by atoms with Crippen molar-refractivity contribution in [2.24, 2.45) is 0 Å². The smallest absolute Gasteiger partial charge is 0.201 e. The highest BCUT2D eigenvalue weighted by molar-refractivity contribution is 9.10. The Morgan fingerprint density at radius 3 is 2.75 bits per heavy atom. The lowest BCUT2D eigenvalue weighted by molar-refractivity contribution is 0.590. The van der Waals surface area contributed by atoms with Crippen molar-refractivity contribution in [2.75, 3.05) is 5.73 Å². The van der Waals surface area contributed by atoms with Gasteiger partial charge in [-0.3, -0.25) is 0 Å². The summed E-state index contributed by atoms with van der Waals surface area (Å²) in [5.74, 6) is -1.20. The number of anilines is 1. The topological polar surface area (TPSA) is 43.8 Å². The molecule has 20 heavy (non-hydrogen) atoms. The largest absolute Gasteiger partial charge is 0.369 e. The lowest BCUT2D eigenvalue weighted by Gasteiger charge is -2.07. The molecule has 0 saturated heterocycles. The molecule has 0 spiro atoms. The molecule has 0 aliphatic heterocycles. The molecule has 0 saturated carbocycles. The van der Waals surface area contributed by atoms with Gasteiger partial charge in [-0.05, 0) is 17.7 Å². The van der Waals surface area contributed by atoms with Crippen molar-refractivity contribution in [3.8, 4) is 0 Å². The van der Waals surface area contributed by atoms with Crippen molar-refractivity contribution in [1.82, 2.24) is 9.55 Å². The van der Waals surface area contributed by atoms with Gasteiger partial charge in [-0.2, -0.15) is 0 Å². The van der Waals surface area contributed by atoms with Crippen LogP contribution in [0.4, 0.5) is 14.7 Å². The molecule has 0 aliphatic rings. The summed E-state index contributed by atoms with van der Waals surface area (Å²) in [5, 5.41) is 0. The third-order valence-electron chi connectivity index (χ3n) is 3.03. The Balaban J connectivity index is 2.14. The van der Waals surface area contributed by atoms with E-state index in [0.717, 1.165) is 16.1 Å². The third-order valence-corrected chi connectivity index (χ3v) is 3.52. The maximum Gasteiger partial charge on any atom is 0.201 e. The Kier molecular flexibility index (Phi) is 3.17. The second-order valence-corrected chi connectivity index (χ2v) is 5.36. The summed E-state index contributed by atoms with van der Waals surface area (Å²) in [5.41, 5.74) is 7.19. The van der Waals surface area contributed by atoms with Gasteiger partial charge >= 0.3 is 0 Å². The van der Waals surface area contributed by atoms with E-state index < -0.39 is 11.6 Å². The maximum atomic E-state index is 13.7. The number of hydrogen-bond donors (Lipinski definition) is 1. The first-order chi connectivity index (χ1) is 9.54. The summed E-state index contributed by atoms with van der Waals surface area (Å²) in [6.45, 7) is 0.394. The average Bonchev–Trinajstić information content (AvgIpc) is 2.68. The number of nitrogen functional groups attached to an aromatic ring is 1. The van der Waals surface area contributed by atoms with Crippen LogP contribution in [0, 0.1) is 11.6 Å². The number of aromatic nitrogens is 2. The minimum atomic E-state index is -0.709. The van der Waals surface area contributed by atoms with Gasteiger partial charge in [-0.25, -0.2) is 13.8 Å². The molecule has 0 bridgehead atoms. The molecule has 0 unspecified atom stereocenters. The Bertz CT molecular complexity index is 798. The molecular formula is C14H10BrF2N3. The Labute approximate surface area is 122 Å². The normalized spacial score (nSPS) is 11.2. The van der Waals surface area contributed by atoms with Gasteiger partial charge < -0.3 is 10.3 Å². The monoisotopic (exact) mass is 337 g/mol. The Hall–Kier alpha value is -1.95. The van der Waals surface area contributed by atoms with Crippen molar-refractivity contribution < 1.29 is 8.78 Å². The molecule has 2 aromatic carbocycles. The van der Waals surface area contributed by atoms with E-state index >= 15 is 0 Å². The number of halogens is 3. The number of fused-ring (bicyclic) bond motifs is 1. The third kappa shape index (κ3) is 2.27. The van der Waals surface area contributed by atoms with Crippen molar-refractivity contribution in [3.05, 3.63) is 58.1 Å². The summed E-state index contributed by atoms with van der Waals surface area (Å²) in [7, 11) is 0. The number of imidazole rings is 1. The molecule has 0 amide bonds. The fourth-order valence-corrected chi connectivity index (χ4v) is 2.60. The Morgan fingerprint density at radius 2 is 2.00 bits per heavy atom. The molecule has 2 N–H and O–H groups in total. The van der Waals surface area contributed by atoms with E-state index in [4.69, 9.17) is 5.73 Å². The highest BCUT2D eigenvalue weighted by Gasteiger charge is 2.14. The average molecular weight is 338 g/mol. The van der Waals surface area contributed by atoms with Gasteiger partial charge in [-0.1, -0.05) is 28.1 Å². The summed E-state index contributed by atoms with van der Waals surface area (Å²) >= 11 is 3.38. The van der Waals surface area contributed by atoms with Crippen LogP contribution in [0.25, 0.3) is 11.0 Å². The number of nitrogens with zero attached hydrogens (tertiary/aromatic N) is 2. The number of benzene rings is 2. The van der Waals surface area contributed by atoms with Crippen LogP contribution in [0.15, 0.2) is 40.9 Å². The quantitative estimate of drug-likeness (QED) is 0.774. The lowest BCUT2D eigenvalue weighted by Crippen LogP contribution is -2.04. The summed E-state index contributed by atoms with van der Waals surface area (Å²) < 4.78 is 29.5. The van der Waals surface area contributed by atoms with Gasteiger partial charge in [0.1, 0.15) is 11.3 Å². The van der Waals surface area contributed by atoms with Gasteiger partial charge in [0.05, 0.1) is 12.1 Å². The zero-order valence-corrected chi connectivity index (χ0v) is 11.9. The lowest BCUT2D eigenvalue weighted by atomic mass is 10.2. The van der Waals surface area contributed by atoms with Gasteiger partial charge in [-0.15, -0.1) is 0 Å². The minimum Gasteiger partial charge on any atom is -0.369 e. The van der Waals surface area contributed by atoms with E-state index in [-0.39, 0.29) is 11.5 Å². The molecule has 3 aromatic rings. The van der Waals surface area contributed by atoms with Gasteiger partial charge in [0, 0.05) is 16.6 Å². The van der Waals surface area contributed by atoms with E-state index in [2.05, 4.69) is 20.9 Å². The van der Waals surface area contributed by atoms with Crippen LogP contribution in [0.3, 0.4) is 0 Å². The molecular weight excluding hydrogens is 328 g/mol. The fraction of sp³-hybridized carbons (Fsp3) is 0.0714. The van der Waals surface area contributed by atoms with Crippen LogP contribution in [0.1, 0.15) is 5.56 Å². The summed E-state index contributed by atoms with van der Waals surface area (Å²) in [6.07, 6.45) is 0. The first-order valence-corrected chi connectivity index (χ1v) is 6.69. The Morgan fingerprint density at radius 1 is 1.20 bits per heavy atom. The standard InChI is InChI=1S/C14H10BrF2N3/c15-9-3-1-2-8(4-9)7-20-12-6-10(16)5-11(17)13(12)19-14(20)18/h1-6H,7H2,(H2,18,19). The van der Waals surface area contributed by atoms with Gasteiger partial charge in [0.2, 0.25) is 5.95 Å². The zero-order valence-electron chi connectivity index (χ0n) is 10.3. The number of hydrogen-bond acceptors (Lipinski definition) is 2. The van der Waals surface area contributed by atoms with Crippen LogP contribution in [-0.2, 0) is 6.54 Å². The molecule has 1 heterocycles. The van der Waals surface area contributed by atoms with Gasteiger partial charge in [0.25, 0.3) is 0 Å². The van der Waals surface area contributed by atoms with Crippen molar-refractivity contribution in [3.63, 3.8) is 0 Å². The molecule has 0 atom stereocenters. The summed E-state index contributed by atoms with van der Waals surface area (Å²) in [6, 6.07) is 9.65. The molecule has 0 fully saturated rings. The van der Waals surface area contributed by atoms with Crippen LogP contribution in [0.2, 0.25) is 0 Å². The van der Waals surface area contributed by atoms with Crippen molar-refractivity contribution >= 4 is 32.9 Å². The second-order valence-electron chi connectivity index (χ2n) is 4.44. The molecule has 0 aliphatic carbocycles. The van der Waals surface area contributed by atoms with Crippen LogP contribution >= 0.6 is 15.9 Å². The van der Waals surface area contributed by atoms with Gasteiger partial charge in [0.15, 0.2) is 5.82 Å². The minimum absolute atomic E-state index is 0.0823. The SMILES string of the molecule is Nc1nc2c(F)cc(F)cc2n1Cc1cccc(Br)c1. The highest BCUT2D eigenvalue weighted by atomic mass is 79.9. The molecule has 3 rings (SSSR count). The number of rotatable bonds is 2. The first-order valence-electron chi connectivity index (χ1n) is 5.90. The van der Waals surface area contributed by atoms with E-state index in [1.807, 2.05) is 24.3 Å². The molecule has 0 radical (unpaired) electrons. The van der Waals surface area contributed by atoms with Crippen molar-refractivity contribution in [1.29, 1.82) is 0 Å². The molecule has 1 aromatic heterocycles. The highest BCUT2D eigenvalue weighted by Crippen LogP contribution is 2.24. The van der Waals surface area contributed by atoms with Crippen LogP contribution in [0.5, 0.6) is 0 Å². The van der Waals surface area contributed by atoms with Crippen molar-refractivity contribution in [2.45, 2.75) is 6.54 Å². The zero-order chi connectivity index (χ0) is 14.3. The first kappa shape index (κ1) is 13.1. The molecule has 102 valence electrons. The predicted octanol–water partition coefficient (Wildman–Crippen LogP) is 3.71. The van der Waals surface area contributed by atoms with E-state index in [1.54, 1.807) is 4.57 Å². The van der Waals surface area contributed by atoms with E-state index in [0.29, 0.717) is 12.1 Å². The fourth-order valence-electron chi connectivity index (χ4n) is 2.15. The van der Waals surface area contributed by atoms with Crippen LogP contribution in [-0.4, -0.2) is 9.55 Å². The van der Waals surface area contributed by atoms with E-state index in [9.17, 15) is 8.78 Å². The van der Waals surface area contributed by atoms with Crippen LogP contribution < -0.4 is 5.73 Å². The summed E-state index contributed by atoms with van der Waals surface area (Å²) in [4.78, 5) is 3.96.